The van der Waals surface area contributed by atoms with Crippen LogP contribution in [-0.4, -0.2) is 30.3 Å². The Morgan fingerprint density at radius 1 is 1.04 bits per heavy atom. The fraction of sp³-hybridized carbons (Fsp3) is 0.571. The highest BCUT2D eigenvalue weighted by Crippen LogP contribution is 2.23. The van der Waals surface area contributed by atoms with Gasteiger partial charge in [-0.25, -0.2) is 0 Å². The van der Waals surface area contributed by atoms with Crippen molar-refractivity contribution in [2.24, 2.45) is 5.92 Å². The Hall–Kier alpha value is -2.17. The van der Waals surface area contributed by atoms with Crippen molar-refractivity contribution in [1.82, 2.24) is 5.32 Å². The molecule has 0 bridgehead atoms. The average molecular weight is 359 g/mol. The number of esters is 1. The van der Waals surface area contributed by atoms with Gasteiger partial charge in [-0.3, -0.25) is 14.4 Å². The van der Waals surface area contributed by atoms with Crippen molar-refractivity contribution in [2.75, 3.05) is 6.61 Å². The second-order valence-electron chi connectivity index (χ2n) is 7.37. The van der Waals surface area contributed by atoms with Crippen LogP contribution >= 0.6 is 0 Å². The molecule has 1 aromatic carbocycles. The summed E-state index contributed by atoms with van der Waals surface area (Å²) in [7, 11) is 0. The van der Waals surface area contributed by atoms with Gasteiger partial charge in [0, 0.05) is 18.0 Å². The van der Waals surface area contributed by atoms with E-state index in [1.54, 1.807) is 0 Å². The van der Waals surface area contributed by atoms with Crippen LogP contribution in [-0.2, 0) is 27.2 Å². The van der Waals surface area contributed by atoms with E-state index in [0.29, 0.717) is 11.5 Å². The molecule has 0 spiro atoms. The molecule has 142 valence electrons. The van der Waals surface area contributed by atoms with E-state index in [1.165, 1.54) is 17.5 Å². The van der Waals surface area contributed by atoms with E-state index in [1.807, 2.05) is 39.0 Å². The molecule has 1 amide bonds. The maximum absolute atomic E-state index is 12.3. The molecule has 0 fully saturated rings. The lowest BCUT2D eigenvalue weighted by Gasteiger charge is -2.17. The summed E-state index contributed by atoms with van der Waals surface area (Å²) >= 11 is 0. The molecule has 5 nitrogen and oxygen atoms in total. The van der Waals surface area contributed by atoms with Gasteiger partial charge in [0.2, 0.25) is 0 Å². The second-order valence-corrected chi connectivity index (χ2v) is 7.37. The summed E-state index contributed by atoms with van der Waals surface area (Å²) in [4.78, 5) is 35.8. The lowest BCUT2D eigenvalue weighted by Crippen LogP contribution is -2.38. The highest BCUT2D eigenvalue weighted by molar-refractivity contribution is 5.97. The van der Waals surface area contributed by atoms with Crippen LogP contribution in [0.25, 0.3) is 0 Å². The number of hydrogen-bond acceptors (Lipinski definition) is 4. The van der Waals surface area contributed by atoms with Crippen LogP contribution < -0.4 is 5.32 Å². The predicted octanol–water partition coefficient (Wildman–Crippen LogP) is 3.23. The second kappa shape index (κ2) is 9.51. The van der Waals surface area contributed by atoms with Crippen LogP contribution in [0.4, 0.5) is 0 Å². The third-order valence-corrected chi connectivity index (χ3v) is 4.98. The van der Waals surface area contributed by atoms with Gasteiger partial charge in [0.15, 0.2) is 12.4 Å². The fourth-order valence-corrected chi connectivity index (χ4v) is 2.95. The highest BCUT2D eigenvalue weighted by Gasteiger charge is 2.16. The Balaban J connectivity index is 1.75. The summed E-state index contributed by atoms with van der Waals surface area (Å²) in [6.07, 6.45) is 4.55. The first-order valence-electron chi connectivity index (χ1n) is 9.47. The summed E-state index contributed by atoms with van der Waals surface area (Å²) in [5.74, 6) is -0.596. The van der Waals surface area contributed by atoms with E-state index in [2.05, 4.69) is 5.32 Å². The number of hydrogen-bond donors (Lipinski definition) is 1. The van der Waals surface area contributed by atoms with Gasteiger partial charge in [0.05, 0.1) is 6.42 Å². The van der Waals surface area contributed by atoms with Gasteiger partial charge >= 0.3 is 5.97 Å². The Kier molecular flexibility index (Phi) is 7.37. The molecule has 1 aromatic rings. The Morgan fingerprint density at radius 2 is 1.73 bits per heavy atom. The minimum absolute atomic E-state index is 0.0110. The molecule has 0 aromatic heterocycles. The number of ether oxygens (including phenoxy) is 1. The summed E-state index contributed by atoms with van der Waals surface area (Å²) < 4.78 is 4.96. The average Bonchev–Trinajstić information content (AvgIpc) is 2.63. The quantitative estimate of drug-likeness (QED) is 0.571. The number of carbonyl (C=O) groups is 3. The molecule has 0 saturated heterocycles. The molecule has 1 unspecified atom stereocenters. The Morgan fingerprint density at radius 3 is 2.42 bits per heavy atom. The molecule has 1 N–H and O–H groups in total. The molecule has 0 aliphatic heterocycles. The number of Topliss-reactive ketones (excluding diaryl/α,β-unsaturated/α-hetero) is 1. The van der Waals surface area contributed by atoms with Gasteiger partial charge in [-0.2, -0.15) is 0 Å². The van der Waals surface area contributed by atoms with Gasteiger partial charge in [0.25, 0.3) is 5.91 Å². The predicted molar refractivity (Wildman–Crippen MR) is 100 cm³/mol. The van der Waals surface area contributed by atoms with Crippen molar-refractivity contribution in [2.45, 2.75) is 65.3 Å². The van der Waals surface area contributed by atoms with Crippen LogP contribution in [0, 0.1) is 5.92 Å². The first-order valence-corrected chi connectivity index (χ1v) is 9.47. The molecular formula is C21H29NO4. The summed E-state index contributed by atoms with van der Waals surface area (Å²) in [5.41, 5.74) is 3.23. The van der Waals surface area contributed by atoms with Gasteiger partial charge in [-0.05, 0) is 55.7 Å². The Bertz CT molecular complexity index is 666. The largest absolute Gasteiger partial charge is 0.456 e. The molecule has 0 radical (unpaired) electrons. The molecule has 26 heavy (non-hydrogen) atoms. The first kappa shape index (κ1) is 20.1. The maximum Gasteiger partial charge on any atom is 0.306 e. The smallest absolute Gasteiger partial charge is 0.306 e. The zero-order valence-electron chi connectivity index (χ0n) is 16.0. The SMILES string of the molecule is CC(C)C(C)NC(=O)COC(=O)CCC(=O)c1ccc2c(c1)CCCC2. The molecule has 5 heteroatoms. The molecule has 0 saturated carbocycles. The van der Waals surface area contributed by atoms with E-state index in [4.69, 9.17) is 4.74 Å². The normalized spacial score (nSPS) is 14.5. The van der Waals surface area contributed by atoms with Crippen LogP contribution in [0.15, 0.2) is 18.2 Å². The number of benzene rings is 1. The summed E-state index contributed by atoms with van der Waals surface area (Å²) in [5, 5.41) is 2.77. The van der Waals surface area contributed by atoms with Crippen LogP contribution in [0.1, 0.15) is 67.9 Å². The lowest BCUT2D eigenvalue weighted by atomic mass is 9.89. The third kappa shape index (κ3) is 5.97. The zero-order valence-corrected chi connectivity index (χ0v) is 16.0. The lowest BCUT2D eigenvalue weighted by molar-refractivity contribution is -0.148. The molecule has 1 aliphatic rings. The van der Waals surface area contributed by atoms with Gasteiger partial charge < -0.3 is 10.1 Å². The number of nitrogens with one attached hydrogen (secondary N) is 1. The van der Waals surface area contributed by atoms with E-state index < -0.39 is 5.97 Å². The molecule has 2 rings (SSSR count). The van der Waals surface area contributed by atoms with Crippen LogP contribution in [0.5, 0.6) is 0 Å². The van der Waals surface area contributed by atoms with Crippen LogP contribution in [0.3, 0.4) is 0 Å². The molecule has 1 atom stereocenters. The Labute approximate surface area is 155 Å². The number of ketones is 1. The minimum atomic E-state index is -0.524. The van der Waals surface area contributed by atoms with Gasteiger partial charge in [0.1, 0.15) is 0 Å². The van der Waals surface area contributed by atoms with Crippen molar-refractivity contribution in [1.29, 1.82) is 0 Å². The number of fused-ring (bicyclic) bond motifs is 1. The third-order valence-electron chi connectivity index (χ3n) is 4.98. The summed E-state index contributed by atoms with van der Waals surface area (Å²) in [6.45, 7) is 5.61. The van der Waals surface area contributed by atoms with Gasteiger partial charge in [-0.15, -0.1) is 0 Å². The standard InChI is InChI=1S/C21H29NO4/c1-14(2)15(3)22-20(24)13-26-21(25)11-10-19(23)18-9-8-16-6-4-5-7-17(16)12-18/h8-9,12,14-15H,4-7,10-11,13H2,1-3H3,(H,22,24). The van der Waals surface area contributed by atoms with Crippen molar-refractivity contribution in [3.05, 3.63) is 34.9 Å². The van der Waals surface area contributed by atoms with Crippen molar-refractivity contribution >= 4 is 17.7 Å². The van der Waals surface area contributed by atoms with E-state index >= 15 is 0 Å². The van der Waals surface area contributed by atoms with Crippen molar-refractivity contribution in [3.63, 3.8) is 0 Å². The monoisotopic (exact) mass is 359 g/mol. The van der Waals surface area contributed by atoms with E-state index in [0.717, 1.165) is 19.3 Å². The van der Waals surface area contributed by atoms with Gasteiger partial charge in [-0.1, -0.05) is 26.0 Å². The van der Waals surface area contributed by atoms with Crippen molar-refractivity contribution in [3.8, 4) is 0 Å². The number of amides is 1. The number of rotatable bonds is 8. The fourth-order valence-electron chi connectivity index (χ4n) is 2.95. The highest BCUT2D eigenvalue weighted by atomic mass is 16.5. The number of carbonyl (C=O) groups excluding carboxylic acids is 3. The van der Waals surface area contributed by atoms with E-state index in [-0.39, 0.29) is 37.2 Å². The van der Waals surface area contributed by atoms with Crippen LogP contribution in [0.2, 0.25) is 0 Å². The zero-order chi connectivity index (χ0) is 19.1. The molecule has 0 heterocycles. The van der Waals surface area contributed by atoms with Crippen molar-refractivity contribution < 1.29 is 19.1 Å². The molecule has 1 aliphatic carbocycles. The summed E-state index contributed by atoms with van der Waals surface area (Å²) in [6, 6.07) is 5.86. The first-order chi connectivity index (χ1) is 12.4. The number of aryl methyl sites for hydroxylation is 2. The minimum Gasteiger partial charge on any atom is -0.456 e. The van der Waals surface area contributed by atoms with E-state index in [9.17, 15) is 14.4 Å². The topological polar surface area (TPSA) is 72.5 Å². The maximum atomic E-state index is 12.3. The molecular weight excluding hydrogens is 330 g/mol.